The summed E-state index contributed by atoms with van der Waals surface area (Å²) in [4.78, 5) is 0. The molecule has 0 aliphatic rings. The fraction of sp³-hybridized carbons (Fsp3) is 0.667. The molecule has 0 saturated carbocycles. The van der Waals surface area contributed by atoms with E-state index >= 15 is 0 Å². The minimum absolute atomic E-state index is 0. The summed E-state index contributed by atoms with van der Waals surface area (Å²) in [5, 5.41) is 0. The van der Waals surface area contributed by atoms with Gasteiger partial charge in [0, 0.05) is 0 Å². The second kappa shape index (κ2) is 42.9. The predicted octanol–water partition coefficient (Wildman–Crippen LogP) is 2.50. The summed E-state index contributed by atoms with van der Waals surface area (Å²) < 4.78 is 0. The van der Waals surface area contributed by atoms with Crippen LogP contribution in [0.1, 0.15) is 26.7 Å². The summed E-state index contributed by atoms with van der Waals surface area (Å²) in [6, 6.07) is 0. The molecule has 0 heterocycles. The van der Waals surface area contributed by atoms with Crippen LogP contribution in [0, 0.1) is 13.8 Å². The summed E-state index contributed by atoms with van der Waals surface area (Å²) in [5.74, 6) is 0. The van der Waals surface area contributed by atoms with Gasteiger partial charge >= 0.3 is 23.1 Å². The molecule has 2 heteroatoms. The van der Waals surface area contributed by atoms with E-state index in [1.807, 2.05) is 0 Å². The van der Waals surface area contributed by atoms with Gasteiger partial charge in [-0.2, -0.15) is 13.3 Å². The van der Waals surface area contributed by atoms with Gasteiger partial charge in [0.2, 0.25) is 0 Å². The first-order chi connectivity index (χ1) is 2.91. The van der Waals surface area contributed by atoms with Gasteiger partial charge in [0.05, 0.1) is 0 Å². The molecule has 48 valence electrons. The monoisotopic (exact) mass is 146 g/mol. The number of hydrogen-bond donors (Lipinski definition) is 0. The van der Waals surface area contributed by atoms with Crippen molar-refractivity contribution < 1.29 is 0 Å². The van der Waals surface area contributed by atoms with Crippen molar-refractivity contribution in [2.24, 2.45) is 0 Å². The van der Waals surface area contributed by atoms with Crippen LogP contribution in [-0.2, 0) is 0 Å². The van der Waals surface area contributed by atoms with Crippen LogP contribution in [0.2, 0.25) is 0 Å². The van der Waals surface area contributed by atoms with Gasteiger partial charge in [-0.25, -0.2) is 0 Å². The first-order valence-corrected chi connectivity index (χ1v) is 2.41. The fourth-order valence-electron chi connectivity index (χ4n) is 0. The average molecular weight is 147 g/mol. The average Bonchev–Trinajstić information content (AvgIpc) is 1.72. The molecule has 0 rings (SSSR count). The smallest absolute Gasteiger partial charge is 0.346 e. The number of rotatable bonds is 1. The quantitative estimate of drug-likeness (QED) is 0.394. The van der Waals surface area contributed by atoms with Crippen LogP contribution in [-0.4, -0.2) is 23.1 Å². The van der Waals surface area contributed by atoms with Crippen molar-refractivity contribution in [3.8, 4) is 0 Å². The van der Waals surface area contributed by atoms with Crippen LogP contribution in [0.3, 0.4) is 0 Å². The van der Waals surface area contributed by atoms with Crippen molar-refractivity contribution in [1.82, 2.24) is 0 Å². The van der Waals surface area contributed by atoms with Crippen molar-refractivity contribution in [2.75, 3.05) is 0 Å². The number of halogens is 1. The fourth-order valence-corrected chi connectivity index (χ4v) is 0. The third kappa shape index (κ3) is 61.2. The zero-order valence-electron chi connectivity index (χ0n) is 5.94. The maximum absolute atomic E-state index is 3.60. The Balaban J connectivity index is -0.0000000183. The van der Waals surface area contributed by atoms with Crippen LogP contribution in [0.5, 0.6) is 0 Å². The Morgan fingerprint density at radius 2 is 1.38 bits per heavy atom. The van der Waals surface area contributed by atoms with Crippen LogP contribution in [0.4, 0.5) is 0 Å². The van der Waals surface area contributed by atoms with Gasteiger partial charge < -0.3 is 13.8 Å². The predicted molar refractivity (Wildman–Crippen MR) is 44.3 cm³/mol. The van der Waals surface area contributed by atoms with E-state index in [9.17, 15) is 0 Å². The van der Waals surface area contributed by atoms with E-state index in [2.05, 4.69) is 20.8 Å². The van der Waals surface area contributed by atoms with E-state index in [1.54, 1.807) is 6.92 Å². The molecule has 0 fully saturated rings. The summed E-state index contributed by atoms with van der Waals surface area (Å²) in [5.41, 5.74) is 0. The molecule has 0 nitrogen and oxygen atoms in total. The summed E-state index contributed by atoms with van der Waals surface area (Å²) in [7, 11) is 0. The van der Waals surface area contributed by atoms with Crippen molar-refractivity contribution in [1.29, 1.82) is 0 Å². The number of hydrogen-bond acceptors (Lipinski definition) is 0. The van der Waals surface area contributed by atoms with Crippen LogP contribution in [0.15, 0.2) is 0 Å². The van der Waals surface area contributed by atoms with Gasteiger partial charge in [-0.15, -0.1) is 12.4 Å². The molecule has 0 aliphatic carbocycles. The first kappa shape index (κ1) is 23.0. The molecule has 0 aromatic carbocycles. The molecule has 0 bridgehead atoms. The van der Waals surface area contributed by atoms with Crippen molar-refractivity contribution in [3.63, 3.8) is 0 Å². The molecule has 0 aliphatic heterocycles. The summed E-state index contributed by atoms with van der Waals surface area (Å²) >= 11 is 0. The Morgan fingerprint density at radius 1 is 1.25 bits per heavy atom. The van der Waals surface area contributed by atoms with Gasteiger partial charge in [0.1, 0.15) is 0 Å². The maximum atomic E-state index is 3.60. The van der Waals surface area contributed by atoms with Gasteiger partial charge in [-0.05, 0) is 0 Å². The Kier molecular flexibility index (Phi) is 123. The van der Waals surface area contributed by atoms with Gasteiger partial charge in [0.25, 0.3) is 0 Å². The molecule has 0 atom stereocenters. The largest absolute Gasteiger partial charge is 2.00 e. The molecule has 0 saturated heterocycles. The molecule has 0 aromatic rings. The third-order valence-electron chi connectivity index (χ3n) is 0.354. The van der Waals surface area contributed by atoms with Gasteiger partial charge in [0.15, 0.2) is 0 Å². The molecule has 0 N–H and O–H groups in total. The normalized spacial score (nSPS) is 4.50. The van der Waals surface area contributed by atoms with E-state index in [1.165, 1.54) is 6.42 Å². The number of unbranched alkanes of at least 4 members (excludes halogenated alkanes) is 1. The van der Waals surface area contributed by atoms with E-state index in [0.717, 1.165) is 6.42 Å². The van der Waals surface area contributed by atoms with E-state index in [0.29, 0.717) is 0 Å². The minimum Gasteiger partial charge on any atom is -0.346 e. The van der Waals surface area contributed by atoms with Crippen LogP contribution in [0.25, 0.3) is 0 Å². The minimum atomic E-state index is 0. The molecule has 0 spiro atoms. The van der Waals surface area contributed by atoms with E-state index in [4.69, 9.17) is 0 Å². The zero-order valence-corrected chi connectivity index (χ0v) is 8.17. The molecular weight excluding hydrogens is 132 g/mol. The first-order valence-electron chi connectivity index (χ1n) is 2.41. The van der Waals surface area contributed by atoms with Crippen molar-refractivity contribution in [3.05, 3.63) is 13.8 Å². The SMILES string of the molecule is Cl.[CH2-]C.[CH2-]CCC.[Mg+2]. The van der Waals surface area contributed by atoms with Crippen LogP contribution >= 0.6 is 12.4 Å². The molecule has 0 radical (unpaired) electrons. The zero-order chi connectivity index (χ0) is 5.41. The summed E-state index contributed by atoms with van der Waals surface area (Å²) in [6.45, 7) is 10.7. The topological polar surface area (TPSA) is 0 Å². The Hall–Kier alpha value is 1.06. The standard InChI is InChI=1S/C4H9.C2H5.ClH.Mg/c1-3-4-2;1-2;;/h1,3-4H2,2H3;1H2,2H3;1H;/q2*-1;;+2. The second-order valence-corrected chi connectivity index (χ2v) is 0.854. The van der Waals surface area contributed by atoms with E-state index < -0.39 is 0 Å². The van der Waals surface area contributed by atoms with E-state index in [-0.39, 0.29) is 35.5 Å². The van der Waals surface area contributed by atoms with Gasteiger partial charge in [-0.3, -0.25) is 0 Å². The van der Waals surface area contributed by atoms with Crippen molar-refractivity contribution >= 4 is 35.5 Å². The third-order valence-corrected chi connectivity index (χ3v) is 0.354. The Labute approximate surface area is 76.0 Å². The van der Waals surface area contributed by atoms with Crippen LogP contribution < -0.4 is 0 Å². The van der Waals surface area contributed by atoms with Gasteiger partial charge in [-0.1, -0.05) is 13.3 Å². The molecule has 0 aromatic heterocycles. The Morgan fingerprint density at radius 3 is 1.38 bits per heavy atom. The van der Waals surface area contributed by atoms with Crippen molar-refractivity contribution in [2.45, 2.75) is 26.7 Å². The Bertz CT molecular complexity index is 10.5. The summed E-state index contributed by atoms with van der Waals surface area (Å²) in [6.07, 6.45) is 2.28. The molecule has 8 heavy (non-hydrogen) atoms. The molecular formula is C6H15ClMg. The maximum Gasteiger partial charge on any atom is 2.00 e. The molecule has 0 amide bonds. The molecule has 0 unspecified atom stereocenters. The second-order valence-electron chi connectivity index (χ2n) is 0.854.